The number of nitrogens with zero attached hydrogens (tertiary/aromatic N) is 1. The molecular weight excluding hydrogens is 370 g/mol. The molecule has 1 N–H and O–H groups in total. The summed E-state index contributed by atoms with van der Waals surface area (Å²) in [7, 11) is 0. The number of ketones is 1. The van der Waals surface area contributed by atoms with Gasteiger partial charge in [-0.05, 0) is 50.1 Å². The second kappa shape index (κ2) is 7.47. The molecule has 1 amide bonds. The lowest BCUT2D eigenvalue weighted by Crippen LogP contribution is -2.32. The zero-order chi connectivity index (χ0) is 20.5. The predicted octanol–water partition coefficient (Wildman–Crippen LogP) is 4.31. The first kappa shape index (κ1) is 18.8. The highest BCUT2D eigenvalue weighted by Gasteiger charge is 2.45. The number of hydrogen-bond acceptors (Lipinski definition) is 5. The number of hydrogen-bond donors (Lipinski definition) is 1. The van der Waals surface area contributed by atoms with Gasteiger partial charge in [-0.25, -0.2) is 0 Å². The van der Waals surface area contributed by atoms with Crippen LogP contribution in [0.3, 0.4) is 0 Å². The summed E-state index contributed by atoms with van der Waals surface area (Å²) in [5, 5.41) is 10.6. The first-order valence-corrected chi connectivity index (χ1v) is 9.41. The molecule has 0 bridgehead atoms. The number of carbonyl (C=O) groups excluding carboxylic acids is 2. The maximum atomic E-state index is 13.1. The third kappa shape index (κ3) is 3.49. The van der Waals surface area contributed by atoms with Crippen LogP contribution in [-0.2, 0) is 11.2 Å². The van der Waals surface area contributed by atoms with Crippen molar-refractivity contribution in [2.24, 2.45) is 0 Å². The molecule has 3 aromatic rings. The van der Waals surface area contributed by atoms with Crippen molar-refractivity contribution in [3.63, 3.8) is 0 Å². The minimum atomic E-state index is -0.808. The maximum absolute atomic E-state index is 13.1. The van der Waals surface area contributed by atoms with Crippen molar-refractivity contribution in [3.05, 3.63) is 94.5 Å². The van der Waals surface area contributed by atoms with E-state index in [0.717, 1.165) is 5.56 Å². The average Bonchev–Trinajstić information content (AvgIpc) is 3.40. The van der Waals surface area contributed by atoms with E-state index in [0.29, 0.717) is 30.2 Å². The number of benzene rings is 1. The fourth-order valence-corrected chi connectivity index (χ4v) is 3.60. The van der Waals surface area contributed by atoms with Crippen LogP contribution in [0.4, 0.5) is 0 Å². The fourth-order valence-electron chi connectivity index (χ4n) is 3.60. The summed E-state index contributed by atoms with van der Waals surface area (Å²) in [5.41, 5.74) is 1.03. The zero-order valence-electron chi connectivity index (χ0n) is 16.2. The standard InChI is InChI=1S/C23H21NO5/c1-14-8-10-17(28-14)20-19(21(25)18-11-9-15(2)29-18)22(26)23(27)24(20)13-12-16-6-4-3-5-7-16/h3-11,20,26H,12-13H2,1-2H3. The van der Waals surface area contributed by atoms with E-state index < -0.39 is 23.5 Å². The minimum absolute atomic E-state index is 0.0215. The molecule has 1 atom stereocenters. The first-order chi connectivity index (χ1) is 14.0. The first-order valence-electron chi connectivity index (χ1n) is 9.41. The van der Waals surface area contributed by atoms with Crippen LogP contribution in [-0.4, -0.2) is 28.2 Å². The normalized spacial score (nSPS) is 16.7. The van der Waals surface area contributed by atoms with Crippen molar-refractivity contribution >= 4 is 11.7 Å². The third-order valence-corrected chi connectivity index (χ3v) is 5.03. The van der Waals surface area contributed by atoms with Crippen LogP contribution in [0.15, 0.2) is 74.8 Å². The SMILES string of the molecule is Cc1ccc(C(=O)C2=C(O)C(=O)N(CCc3ccccc3)C2c2ccc(C)o2)o1. The van der Waals surface area contributed by atoms with Crippen LogP contribution < -0.4 is 0 Å². The van der Waals surface area contributed by atoms with Gasteiger partial charge in [0.25, 0.3) is 5.91 Å². The quantitative estimate of drug-likeness (QED) is 0.633. The number of aliphatic hydroxyl groups excluding tert-OH is 1. The topological polar surface area (TPSA) is 83.9 Å². The molecule has 1 aromatic carbocycles. The van der Waals surface area contributed by atoms with E-state index in [1.807, 2.05) is 30.3 Å². The Morgan fingerprint density at radius 1 is 1.00 bits per heavy atom. The number of carbonyl (C=O) groups is 2. The van der Waals surface area contributed by atoms with E-state index in [9.17, 15) is 14.7 Å². The monoisotopic (exact) mass is 391 g/mol. The van der Waals surface area contributed by atoms with Gasteiger partial charge in [-0.1, -0.05) is 30.3 Å². The van der Waals surface area contributed by atoms with Gasteiger partial charge >= 0.3 is 0 Å². The summed E-state index contributed by atoms with van der Waals surface area (Å²) < 4.78 is 11.2. The molecular formula is C23H21NO5. The highest BCUT2D eigenvalue weighted by atomic mass is 16.4. The Kier molecular flexibility index (Phi) is 4.84. The van der Waals surface area contributed by atoms with Crippen LogP contribution in [0.1, 0.15) is 39.4 Å². The highest BCUT2D eigenvalue weighted by molar-refractivity contribution is 6.14. The molecule has 3 heterocycles. The van der Waals surface area contributed by atoms with Crippen molar-refractivity contribution in [3.8, 4) is 0 Å². The van der Waals surface area contributed by atoms with Gasteiger partial charge in [0.05, 0.1) is 5.57 Å². The molecule has 0 saturated heterocycles. The zero-order valence-corrected chi connectivity index (χ0v) is 16.2. The molecule has 1 aliphatic heterocycles. The summed E-state index contributed by atoms with van der Waals surface area (Å²) in [6.45, 7) is 3.84. The van der Waals surface area contributed by atoms with Gasteiger partial charge < -0.3 is 18.8 Å². The number of furan rings is 2. The molecule has 6 heteroatoms. The Morgan fingerprint density at radius 3 is 2.31 bits per heavy atom. The molecule has 0 spiro atoms. The van der Waals surface area contributed by atoms with Crippen molar-refractivity contribution in [2.45, 2.75) is 26.3 Å². The Hall–Kier alpha value is -3.54. The second-order valence-electron chi connectivity index (χ2n) is 7.09. The molecule has 6 nitrogen and oxygen atoms in total. The van der Waals surface area contributed by atoms with Crippen molar-refractivity contribution in [2.75, 3.05) is 6.54 Å². The van der Waals surface area contributed by atoms with Crippen LogP contribution in [0.5, 0.6) is 0 Å². The number of amides is 1. The van der Waals surface area contributed by atoms with E-state index in [-0.39, 0.29) is 11.3 Å². The van der Waals surface area contributed by atoms with Gasteiger partial charge in [-0.15, -0.1) is 0 Å². The van der Waals surface area contributed by atoms with Crippen molar-refractivity contribution < 1.29 is 23.5 Å². The van der Waals surface area contributed by atoms with E-state index in [2.05, 4.69) is 0 Å². The summed E-state index contributed by atoms with van der Waals surface area (Å²) in [4.78, 5) is 27.4. The third-order valence-electron chi connectivity index (χ3n) is 5.03. The van der Waals surface area contributed by atoms with Crippen molar-refractivity contribution in [1.29, 1.82) is 0 Å². The smallest absolute Gasteiger partial charge is 0.290 e. The Balaban J connectivity index is 1.70. The van der Waals surface area contributed by atoms with Crippen molar-refractivity contribution in [1.82, 2.24) is 4.90 Å². The lowest BCUT2D eigenvalue weighted by molar-refractivity contribution is -0.129. The van der Waals surface area contributed by atoms with Gasteiger partial charge in [0, 0.05) is 6.54 Å². The van der Waals surface area contributed by atoms with Gasteiger partial charge in [-0.3, -0.25) is 9.59 Å². The predicted molar refractivity (Wildman–Crippen MR) is 105 cm³/mol. The molecule has 0 aliphatic carbocycles. The Labute approximate surface area is 168 Å². The number of aliphatic hydroxyl groups is 1. The van der Waals surface area contributed by atoms with E-state index in [1.54, 1.807) is 38.1 Å². The van der Waals surface area contributed by atoms with Gasteiger partial charge in [0.2, 0.25) is 5.78 Å². The minimum Gasteiger partial charge on any atom is -0.503 e. The molecule has 29 heavy (non-hydrogen) atoms. The molecule has 4 rings (SSSR count). The lowest BCUT2D eigenvalue weighted by Gasteiger charge is -2.24. The molecule has 1 unspecified atom stereocenters. The summed E-state index contributed by atoms with van der Waals surface area (Å²) >= 11 is 0. The number of aryl methyl sites for hydroxylation is 2. The summed E-state index contributed by atoms with van der Waals surface area (Å²) in [6.07, 6.45) is 0.581. The Bertz CT molecular complexity index is 1090. The molecule has 148 valence electrons. The molecule has 0 saturated carbocycles. The largest absolute Gasteiger partial charge is 0.503 e. The highest BCUT2D eigenvalue weighted by Crippen LogP contribution is 2.39. The van der Waals surface area contributed by atoms with Crippen LogP contribution in [0, 0.1) is 13.8 Å². The Morgan fingerprint density at radius 2 is 1.69 bits per heavy atom. The number of rotatable bonds is 6. The van der Waals surface area contributed by atoms with Gasteiger partial charge in [0.15, 0.2) is 11.5 Å². The summed E-state index contributed by atoms with van der Waals surface area (Å²) in [6, 6.07) is 15.6. The molecule has 0 fully saturated rings. The molecule has 1 aliphatic rings. The lowest BCUT2D eigenvalue weighted by atomic mass is 9.99. The second-order valence-corrected chi connectivity index (χ2v) is 7.09. The van der Waals surface area contributed by atoms with E-state index in [4.69, 9.17) is 8.83 Å². The average molecular weight is 391 g/mol. The van der Waals surface area contributed by atoms with Gasteiger partial charge in [0.1, 0.15) is 23.3 Å². The molecule has 0 radical (unpaired) electrons. The van der Waals surface area contributed by atoms with E-state index >= 15 is 0 Å². The molecule has 2 aromatic heterocycles. The van der Waals surface area contributed by atoms with Crippen LogP contribution >= 0.6 is 0 Å². The van der Waals surface area contributed by atoms with Crippen LogP contribution in [0.2, 0.25) is 0 Å². The van der Waals surface area contributed by atoms with Crippen LogP contribution in [0.25, 0.3) is 0 Å². The fraction of sp³-hybridized carbons (Fsp3) is 0.217. The van der Waals surface area contributed by atoms with Gasteiger partial charge in [-0.2, -0.15) is 0 Å². The number of Topliss-reactive ketones (excluding diaryl/α,β-unsaturated/α-hetero) is 1. The summed E-state index contributed by atoms with van der Waals surface area (Å²) in [5.74, 6) is 0.0641. The van der Waals surface area contributed by atoms with E-state index in [1.165, 1.54) is 4.90 Å². The maximum Gasteiger partial charge on any atom is 0.290 e.